The molecule has 0 saturated carbocycles. The highest BCUT2D eigenvalue weighted by molar-refractivity contribution is 5.21. The highest BCUT2D eigenvalue weighted by atomic mass is 15.3. The molecule has 16 heavy (non-hydrogen) atoms. The smallest absolute Gasteiger partial charge is 0.0661 e. The van der Waals surface area contributed by atoms with Crippen LogP contribution in [0.2, 0.25) is 0 Å². The van der Waals surface area contributed by atoms with Crippen LogP contribution in [0.3, 0.4) is 0 Å². The van der Waals surface area contributed by atoms with E-state index >= 15 is 0 Å². The summed E-state index contributed by atoms with van der Waals surface area (Å²) >= 11 is 0. The second-order valence-corrected chi connectivity index (χ2v) is 4.82. The zero-order valence-electron chi connectivity index (χ0n) is 9.95. The number of hydrogen-bond acceptors (Lipinski definition) is 3. The Morgan fingerprint density at radius 2 is 2.50 bits per heavy atom. The lowest BCUT2D eigenvalue weighted by Gasteiger charge is -2.19. The molecular weight excluding hydrogens is 200 g/mol. The van der Waals surface area contributed by atoms with Gasteiger partial charge >= 0.3 is 0 Å². The average molecular weight is 220 g/mol. The summed E-state index contributed by atoms with van der Waals surface area (Å²) in [5.74, 6) is 0. The summed E-state index contributed by atoms with van der Waals surface area (Å²) in [6.45, 7) is 7.92. The van der Waals surface area contributed by atoms with Crippen molar-refractivity contribution in [1.82, 2.24) is 20.0 Å². The SMILES string of the molecule is CCN1CCC(n2ncc3c2CCNC3)C1. The molecule has 1 aromatic rings. The first-order valence-corrected chi connectivity index (χ1v) is 6.37. The maximum Gasteiger partial charge on any atom is 0.0661 e. The summed E-state index contributed by atoms with van der Waals surface area (Å²) in [6, 6.07) is 0.613. The van der Waals surface area contributed by atoms with E-state index in [1.165, 1.54) is 37.3 Å². The molecule has 3 heterocycles. The third-order valence-corrected chi connectivity index (χ3v) is 3.88. The molecule has 2 aliphatic heterocycles. The van der Waals surface area contributed by atoms with Gasteiger partial charge in [0, 0.05) is 43.9 Å². The normalized spacial score (nSPS) is 25.9. The van der Waals surface area contributed by atoms with Gasteiger partial charge in [-0.15, -0.1) is 0 Å². The van der Waals surface area contributed by atoms with E-state index in [4.69, 9.17) is 0 Å². The van der Waals surface area contributed by atoms with Crippen LogP contribution in [-0.2, 0) is 13.0 Å². The molecule has 0 amide bonds. The fourth-order valence-corrected chi connectivity index (χ4v) is 2.89. The van der Waals surface area contributed by atoms with E-state index < -0.39 is 0 Å². The molecule has 0 bridgehead atoms. The number of hydrogen-bond donors (Lipinski definition) is 1. The van der Waals surface area contributed by atoms with Crippen LogP contribution in [0.15, 0.2) is 6.20 Å². The van der Waals surface area contributed by atoms with Crippen molar-refractivity contribution in [3.63, 3.8) is 0 Å². The lowest BCUT2D eigenvalue weighted by molar-refractivity contribution is 0.332. The number of likely N-dealkylation sites (N-methyl/N-ethyl adjacent to an activating group) is 1. The van der Waals surface area contributed by atoms with Crippen LogP contribution >= 0.6 is 0 Å². The molecule has 0 radical (unpaired) electrons. The van der Waals surface area contributed by atoms with E-state index in [1.54, 1.807) is 0 Å². The first-order valence-electron chi connectivity index (χ1n) is 6.37. The first-order chi connectivity index (χ1) is 7.88. The fourth-order valence-electron chi connectivity index (χ4n) is 2.89. The minimum atomic E-state index is 0.613. The number of fused-ring (bicyclic) bond motifs is 1. The van der Waals surface area contributed by atoms with Gasteiger partial charge in [0.1, 0.15) is 0 Å². The van der Waals surface area contributed by atoms with Crippen LogP contribution in [0.1, 0.15) is 30.6 Å². The zero-order chi connectivity index (χ0) is 11.0. The molecule has 1 fully saturated rings. The molecule has 0 spiro atoms. The number of nitrogens with one attached hydrogen (secondary N) is 1. The predicted molar refractivity (Wildman–Crippen MR) is 63.4 cm³/mol. The summed E-state index contributed by atoms with van der Waals surface area (Å²) in [5, 5.41) is 8.00. The van der Waals surface area contributed by atoms with Crippen molar-refractivity contribution < 1.29 is 0 Å². The molecule has 0 aromatic carbocycles. The molecule has 1 N–H and O–H groups in total. The van der Waals surface area contributed by atoms with Gasteiger partial charge in [-0.2, -0.15) is 5.10 Å². The Hall–Kier alpha value is -0.870. The zero-order valence-corrected chi connectivity index (χ0v) is 9.95. The third kappa shape index (κ3) is 1.66. The first kappa shape index (κ1) is 10.3. The number of likely N-dealkylation sites (tertiary alicyclic amines) is 1. The third-order valence-electron chi connectivity index (χ3n) is 3.88. The van der Waals surface area contributed by atoms with Crippen LogP contribution in [0.5, 0.6) is 0 Å². The van der Waals surface area contributed by atoms with Crippen molar-refractivity contribution in [1.29, 1.82) is 0 Å². The van der Waals surface area contributed by atoms with Gasteiger partial charge < -0.3 is 10.2 Å². The van der Waals surface area contributed by atoms with Crippen molar-refractivity contribution in [2.45, 2.75) is 32.4 Å². The highest BCUT2D eigenvalue weighted by Gasteiger charge is 2.26. The molecule has 1 aromatic heterocycles. The van der Waals surface area contributed by atoms with Crippen molar-refractivity contribution in [2.24, 2.45) is 0 Å². The second kappa shape index (κ2) is 4.18. The molecule has 0 aliphatic carbocycles. The topological polar surface area (TPSA) is 33.1 Å². The van der Waals surface area contributed by atoms with E-state index in [0.29, 0.717) is 6.04 Å². The van der Waals surface area contributed by atoms with Gasteiger partial charge in [-0.3, -0.25) is 4.68 Å². The monoisotopic (exact) mass is 220 g/mol. The van der Waals surface area contributed by atoms with E-state index in [-0.39, 0.29) is 0 Å². The summed E-state index contributed by atoms with van der Waals surface area (Å²) in [6.07, 6.45) is 4.45. The van der Waals surface area contributed by atoms with E-state index in [0.717, 1.165) is 19.5 Å². The quantitative estimate of drug-likeness (QED) is 0.800. The van der Waals surface area contributed by atoms with Gasteiger partial charge in [0.2, 0.25) is 0 Å². The molecule has 4 nitrogen and oxygen atoms in total. The maximum absolute atomic E-state index is 4.60. The van der Waals surface area contributed by atoms with Gasteiger partial charge in [-0.25, -0.2) is 0 Å². The van der Waals surface area contributed by atoms with Crippen molar-refractivity contribution in [3.05, 3.63) is 17.5 Å². The Bertz CT molecular complexity index is 371. The van der Waals surface area contributed by atoms with Crippen LogP contribution < -0.4 is 5.32 Å². The minimum Gasteiger partial charge on any atom is -0.312 e. The Balaban J connectivity index is 1.82. The lowest BCUT2D eigenvalue weighted by atomic mass is 10.1. The molecule has 1 atom stereocenters. The summed E-state index contributed by atoms with van der Waals surface area (Å²) < 4.78 is 2.30. The average Bonchev–Trinajstić information content (AvgIpc) is 2.94. The van der Waals surface area contributed by atoms with Crippen LogP contribution in [0, 0.1) is 0 Å². The number of nitrogens with zero attached hydrogens (tertiary/aromatic N) is 3. The van der Waals surface area contributed by atoms with E-state index in [1.807, 2.05) is 0 Å². The van der Waals surface area contributed by atoms with Gasteiger partial charge in [-0.1, -0.05) is 6.92 Å². The molecule has 1 unspecified atom stereocenters. The largest absolute Gasteiger partial charge is 0.312 e. The highest BCUT2D eigenvalue weighted by Crippen LogP contribution is 2.25. The number of aromatic nitrogens is 2. The Labute approximate surface area is 96.6 Å². The standard InChI is InChI=1S/C12H20N4/c1-2-15-6-4-11(9-15)16-12-3-5-13-7-10(12)8-14-16/h8,11,13H,2-7,9H2,1H3. The van der Waals surface area contributed by atoms with E-state index in [9.17, 15) is 0 Å². The van der Waals surface area contributed by atoms with Gasteiger partial charge in [0.15, 0.2) is 0 Å². The lowest BCUT2D eigenvalue weighted by Crippen LogP contribution is -2.27. The number of rotatable bonds is 2. The van der Waals surface area contributed by atoms with Gasteiger partial charge in [0.25, 0.3) is 0 Å². The van der Waals surface area contributed by atoms with Crippen LogP contribution in [0.4, 0.5) is 0 Å². The van der Waals surface area contributed by atoms with Crippen molar-refractivity contribution in [3.8, 4) is 0 Å². The van der Waals surface area contributed by atoms with Crippen LogP contribution in [-0.4, -0.2) is 40.9 Å². The molecule has 3 rings (SSSR count). The fraction of sp³-hybridized carbons (Fsp3) is 0.750. The Morgan fingerprint density at radius 1 is 1.56 bits per heavy atom. The van der Waals surface area contributed by atoms with E-state index in [2.05, 4.69) is 33.1 Å². The predicted octanol–water partition coefficient (Wildman–Crippen LogP) is 0.795. The summed E-state index contributed by atoms with van der Waals surface area (Å²) in [4.78, 5) is 2.51. The molecule has 2 aliphatic rings. The minimum absolute atomic E-state index is 0.613. The Kier molecular flexibility index (Phi) is 2.69. The van der Waals surface area contributed by atoms with Crippen LogP contribution in [0.25, 0.3) is 0 Å². The van der Waals surface area contributed by atoms with Crippen molar-refractivity contribution >= 4 is 0 Å². The second-order valence-electron chi connectivity index (χ2n) is 4.82. The summed E-state index contributed by atoms with van der Waals surface area (Å²) in [7, 11) is 0. The summed E-state index contributed by atoms with van der Waals surface area (Å²) in [5.41, 5.74) is 2.88. The molecule has 4 heteroatoms. The Morgan fingerprint density at radius 3 is 3.31 bits per heavy atom. The molecule has 88 valence electrons. The van der Waals surface area contributed by atoms with Crippen molar-refractivity contribution in [2.75, 3.05) is 26.2 Å². The maximum atomic E-state index is 4.60. The van der Waals surface area contributed by atoms with Gasteiger partial charge in [0.05, 0.1) is 12.2 Å². The molecular formula is C12H20N4. The van der Waals surface area contributed by atoms with Gasteiger partial charge in [-0.05, 0) is 13.0 Å². The molecule has 1 saturated heterocycles.